The van der Waals surface area contributed by atoms with Gasteiger partial charge in [-0.05, 0) is 31.2 Å². The van der Waals surface area contributed by atoms with Crippen LogP contribution >= 0.6 is 11.5 Å². The van der Waals surface area contributed by atoms with E-state index in [0.29, 0.717) is 17.8 Å². The van der Waals surface area contributed by atoms with Gasteiger partial charge in [-0.2, -0.15) is 4.37 Å². The van der Waals surface area contributed by atoms with E-state index in [2.05, 4.69) is 28.5 Å². The number of nitrogens with one attached hydrogen (secondary N) is 1. The average Bonchev–Trinajstić information content (AvgIpc) is 2.85. The maximum atomic E-state index is 5.85. The molecule has 2 unspecified atom stereocenters. The number of nitrogens with two attached hydrogens (primary N) is 1. The van der Waals surface area contributed by atoms with Crippen LogP contribution in [0, 0.1) is 11.8 Å². The third-order valence-electron chi connectivity index (χ3n) is 3.84. The molecule has 1 heterocycles. The third kappa shape index (κ3) is 3.42. The molecule has 1 fully saturated rings. The smallest absolute Gasteiger partial charge is 0.202 e. The molecule has 18 heavy (non-hydrogen) atoms. The third-order valence-corrected chi connectivity index (χ3v) is 4.53. The Bertz CT molecular complexity index is 364. The highest BCUT2D eigenvalue weighted by Crippen LogP contribution is 2.29. The summed E-state index contributed by atoms with van der Waals surface area (Å²) in [6.45, 7) is 6.06. The van der Waals surface area contributed by atoms with Crippen molar-refractivity contribution in [3.8, 4) is 0 Å². The van der Waals surface area contributed by atoms with E-state index in [0.717, 1.165) is 24.0 Å². The second-order valence-corrected chi connectivity index (χ2v) is 6.29. The van der Waals surface area contributed by atoms with Gasteiger partial charge in [-0.3, -0.25) is 0 Å². The van der Waals surface area contributed by atoms with Crippen LogP contribution < -0.4 is 11.1 Å². The molecule has 0 radical (unpaired) electrons. The quantitative estimate of drug-likeness (QED) is 0.862. The zero-order chi connectivity index (χ0) is 13.0. The summed E-state index contributed by atoms with van der Waals surface area (Å²) in [6.07, 6.45) is 5.27. The summed E-state index contributed by atoms with van der Waals surface area (Å²) in [5, 5.41) is 4.40. The molecule has 1 saturated carbocycles. The van der Waals surface area contributed by atoms with Gasteiger partial charge < -0.3 is 11.1 Å². The molecule has 4 nitrogen and oxygen atoms in total. The zero-order valence-electron chi connectivity index (χ0n) is 11.4. The normalized spacial score (nSPS) is 24.4. The summed E-state index contributed by atoms with van der Waals surface area (Å²) < 4.78 is 4.36. The molecule has 5 heteroatoms. The molecule has 1 aliphatic rings. The standard InChI is InChI=1S/C13H24N4S/c1-9(2)12-16-13(18-17-12)15-8-11-6-4-3-5-10(11)7-14/h9-11H,3-8,14H2,1-2H3,(H,15,16,17). The molecule has 3 N–H and O–H groups in total. The van der Waals surface area contributed by atoms with Crippen molar-refractivity contribution in [3.05, 3.63) is 5.82 Å². The number of nitrogens with zero attached hydrogens (tertiary/aromatic N) is 2. The highest BCUT2D eigenvalue weighted by molar-refractivity contribution is 7.09. The second kappa shape index (κ2) is 6.48. The first-order valence-electron chi connectivity index (χ1n) is 6.98. The van der Waals surface area contributed by atoms with E-state index in [9.17, 15) is 0 Å². The molecule has 2 atom stereocenters. The fourth-order valence-corrected chi connectivity index (χ4v) is 3.34. The van der Waals surface area contributed by atoms with Gasteiger partial charge in [-0.15, -0.1) is 0 Å². The zero-order valence-corrected chi connectivity index (χ0v) is 12.2. The van der Waals surface area contributed by atoms with Crippen molar-refractivity contribution in [1.29, 1.82) is 0 Å². The lowest BCUT2D eigenvalue weighted by molar-refractivity contribution is 0.255. The SMILES string of the molecule is CC(C)c1nsc(NCC2CCCCC2CN)n1. The molecule has 1 aromatic heterocycles. The average molecular weight is 268 g/mol. The molecule has 0 aliphatic heterocycles. The Morgan fingerprint density at radius 3 is 2.67 bits per heavy atom. The first-order chi connectivity index (χ1) is 8.70. The van der Waals surface area contributed by atoms with Crippen LogP contribution in [0.3, 0.4) is 0 Å². The molecule has 2 rings (SSSR count). The van der Waals surface area contributed by atoms with E-state index in [1.165, 1.54) is 37.2 Å². The molecule has 1 aromatic rings. The van der Waals surface area contributed by atoms with Crippen molar-refractivity contribution in [2.75, 3.05) is 18.4 Å². The minimum atomic E-state index is 0.406. The second-order valence-electron chi connectivity index (χ2n) is 5.53. The van der Waals surface area contributed by atoms with E-state index in [4.69, 9.17) is 5.73 Å². The highest BCUT2D eigenvalue weighted by Gasteiger charge is 2.23. The van der Waals surface area contributed by atoms with Crippen molar-refractivity contribution in [3.63, 3.8) is 0 Å². The summed E-state index contributed by atoms with van der Waals surface area (Å²) in [6, 6.07) is 0. The van der Waals surface area contributed by atoms with Crippen LogP contribution in [0.5, 0.6) is 0 Å². The summed E-state index contributed by atoms with van der Waals surface area (Å²) >= 11 is 1.47. The van der Waals surface area contributed by atoms with Crippen LogP contribution in [0.25, 0.3) is 0 Å². The van der Waals surface area contributed by atoms with Crippen LogP contribution in [0.1, 0.15) is 51.3 Å². The van der Waals surface area contributed by atoms with Crippen molar-refractivity contribution >= 4 is 16.7 Å². The van der Waals surface area contributed by atoms with E-state index >= 15 is 0 Å². The molecule has 0 saturated heterocycles. The summed E-state index contributed by atoms with van der Waals surface area (Å²) in [7, 11) is 0. The molecular weight excluding hydrogens is 244 g/mol. The first-order valence-corrected chi connectivity index (χ1v) is 7.75. The van der Waals surface area contributed by atoms with Crippen LogP contribution in [-0.4, -0.2) is 22.4 Å². The fraction of sp³-hybridized carbons (Fsp3) is 0.846. The number of rotatable bonds is 5. The number of hydrogen-bond acceptors (Lipinski definition) is 5. The van der Waals surface area contributed by atoms with Gasteiger partial charge in [0.2, 0.25) is 5.13 Å². The molecule has 0 bridgehead atoms. The van der Waals surface area contributed by atoms with E-state index in [1.807, 2.05) is 0 Å². The Hall–Kier alpha value is -0.680. The van der Waals surface area contributed by atoms with Gasteiger partial charge in [0.15, 0.2) is 0 Å². The van der Waals surface area contributed by atoms with Gasteiger partial charge in [0.05, 0.1) is 0 Å². The van der Waals surface area contributed by atoms with E-state index < -0.39 is 0 Å². The first kappa shape index (κ1) is 13.7. The number of aromatic nitrogens is 2. The molecule has 0 amide bonds. The number of anilines is 1. The lowest BCUT2D eigenvalue weighted by Gasteiger charge is -2.30. The monoisotopic (exact) mass is 268 g/mol. The lowest BCUT2D eigenvalue weighted by Crippen LogP contribution is -2.31. The maximum absolute atomic E-state index is 5.85. The molecule has 1 aliphatic carbocycles. The maximum Gasteiger partial charge on any atom is 0.202 e. The van der Waals surface area contributed by atoms with Crippen LogP contribution in [0.15, 0.2) is 0 Å². The van der Waals surface area contributed by atoms with Crippen molar-refractivity contribution < 1.29 is 0 Å². The molecule has 0 aromatic carbocycles. The fourth-order valence-electron chi connectivity index (χ4n) is 2.62. The molecule has 102 valence electrons. The minimum absolute atomic E-state index is 0.406. The Balaban J connectivity index is 1.85. The Labute approximate surface area is 114 Å². The van der Waals surface area contributed by atoms with Gasteiger partial charge in [-0.1, -0.05) is 26.7 Å². The minimum Gasteiger partial charge on any atom is -0.360 e. The van der Waals surface area contributed by atoms with Crippen molar-refractivity contribution in [2.45, 2.75) is 45.4 Å². The van der Waals surface area contributed by atoms with Gasteiger partial charge in [0.25, 0.3) is 0 Å². The summed E-state index contributed by atoms with van der Waals surface area (Å²) in [5.41, 5.74) is 5.85. The summed E-state index contributed by atoms with van der Waals surface area (Å²) in [5.74, 6) is 2.74. The predicted molar refractivity (Wildman–Crippen MR) is 77.0 cm³/mol. The van der Waals surface area contributed by atoms with Gasteiger partial charge in [0.1, 0.15) is 5.82 Å². The van der Waals surface area contributed by atoms with Crippen LogP contribution in [0.4, 0.5) is 5.13 Å². The van der Waals surface area contributed by atoms with Gasteiger partial charge >= 0.3 is 0 Å². The lowest BCUT2D eigenvalue weighted by atomic mass is 9.79. The molecular formula is C13H24N4S. The predicted octanol–water partition coefficient (Wildman–Crippen LogP) is 2.84. The van der Waals surface area contributed by atoms with Crippen molar-refractivity contribution in [1.82, 2.24) is 9.36 Å². The van der Waals surface area contributed by atoms with E-state index in [1.54, 1.807) is 0 Å². The van der Waals surface area contributed by atoms with Gasteiger partial charge in [0, 0.05) is 24.0 Å². The van der Waals surface area contributed by atoms with Crippen LogP contribution in [0.2, 0.25) is 0 Å². The van der Waals surface area contributed by atoms with Crippen LogP contribution in [-0.2, 0) is 0 Å². The number of hydrogen-bond donors (Lipinski definition) is 2. The topological polar surface area (TPSA) is 63.8 Å². The molecule has 0 spiro atoms. The highest BCUT2D eigenvalue weighted by atomic mass is 32.1. The largest absolute Gasteiger partial charge is 0.360 e. The summed E-state index contributed by atoms with van der Waals surface area (Å²) in [4.78, 5) is 4.51. The Morgan fingerprint density at radius 2 is 2.06 bits per heavy atom. The Kier molecular flexibility index (Phi) is 4.95. The van der Waals surface area contributed by atoms with Crippen molar-refractivity contribution in [2.24, 2.45) is 17.6 Å². The van der Waals surface area contributed by atoms with Gasteiger partial charge in [-0.25, -0.2) is 4.98 Å². The van der Waals surface area contributed by atoms with E-state index in [-0.39, 0.29) is 0 Å². The Morgan fingerprint density at radius 1 is 1.33 bits per heavy atom.